The molecule has 0 amide bonds. The second kappa shape index (κ2) is 5.55. The zero-order valence-corrected chi connectivity index (χ0v) is 11.6. The van der Waals surface area contributed by atoms with E-state index in [0.717, 1.165) is 5.56 Å². The van der Waals surface area contributed by atoms with Crippen LogP contribution in [0.2, 0.25) is 10.2 Å². The minimum atomic E-state index is 0.178. The maximum Gasteiger partial charge on any atom is 0.157 e. The zero-order chi connectivity index (χ0) is 13.1. The molecular weight excluding hydrogens is 289 g/mol. The van der Waals surface area contributed by atoms with Crippen LogP contribution in [0.4, 0.5) is 5.69 Å². The fourth-order valence-electron chi connectivity index (χ4n) is 1.37. The van der Waals surface area contributed by atoms with Gasteiger partial charge in [-0.3, -0.25) is 4.98 Å². The molecule has 3 nitrogen and oxygen atoms in total. The van der Waals surface area contributed by atoms with Crippen LogP contribution in [0.3, 0.4) is 0 Å². The lowest BCUT2D eigenvalue weighted by molar-refractivity contribution is 1.22. The molecule has 0 unspecified atom stereocenters. The molecule has 0 saturated heterocycles. The second-order valence-corrected chi connectivity index (χ2v) is 4.50. The van der Waals surface area contributed by atoms with Gasteiger partial charge in [-0.05, 0) is 36.8 Å². The monoisotopic (exact) mass is 295 g/mol. The minimum Gasteiger partial charge on any atom is -0.254 e. The third-order valence-electron chi connectivity index (χ3n) is 2.23. The second-order valence-electron chi connectivity index (χ2n) is 3.55. The lowest BCUT2D eigenvalue weighted by Crippen LogP contribution is -1.89. The number of pyridine rings is 2. The van der Waals surface area contributed by atoms with Gasteiger partial charge in [0.15, 0.2) is 5.15 Å². The summed E-state index contributed by atoms with van der Waals surface area (Å²) in [6, 6.07) is 5.44. The van der Waals surface area contributed by atoms with Crippen molar-refractivity contribution in [1.29, 1.82) is 0 Å². The summed E-state index contributed by atoms with van der Waals surface area (Å²) in [5.74, 6) is 0. The van der Waals surface area contributed by atoms with E-state index < -0.39 is 0 Å². The smallest absolute Gasteiger partial charge is 0.157 e. The number of aliphatic imine (C=N–C) groups is 1. The molecule has 18 heavy (non-hydrogen) atoms. The summed E-state index contributed by atoms with van der Waals surface area (Å²) in [6.45, 7) is 1.96. The molecular formula is C12H7Cl2N3S. The van der Waals surface area contributed by atoms with Gasteiger partial charge in [0.25, 0.3) is 0 Å². The van der Waals surface area contributed by atoms with Crippen molar-refractivity contribution in [2.45, 2.75) is 6.92 Å². The largest absolute Gasteiger partial charge is 0.254 e. The van der Waals surface area contributed by atoms with E-state index in [1.807, 2.05) is 19.1 Å². The number of aryl methyl sites for hydroxylation is 1. The van der Waals surface area contributed by atoms with Gasteiger partial charge in [-0.25, -0.2) is 4.98 Å². The predicted molar refractivity (Wildman–Crippen MR) is 76.9 cm³/mol. The highest BCUT2D eigenvalue weighted by Gasteiger charge is 2.11. The van der Waals surface area contributed by atoms with Crippen LogP contribution in [0, 0.1) is 6.92 Å². The Bertz CT molecular complexity index is 611. The van der Waals surface area contributed by atoms with Crippen LogP contribution in [0.1, 0.15) is 5.56 Å². The third-order valence-corrected chi connectivity index (χ3v) is 2.88. The summed E-state index contributed by atoms with van der Waals surface area (Å²) < 4.78 is 0. The van der Waals surface area contributed by atoms with E-state index in [9.17, 15) is 0 Å². The minimum absolute atomic E-state index is 0.178. The molecule has 2 heterocycles. The van der Waals surface area contributed by atoms with Gasteiger partial charge in [-0.15, -0.1) is 0 Å². The first-order valence-corrected chi connectivity index (χ1v) is 6.15. The Labute approximate surface area is 120 Å². The van der Waals surface area contributed by atoms with Gasteiger partial charge in [-0.2, -0.15) is 4.99 Å². The Morgan fingerprint density at radius 2 is 2.06 bits per heavy atom. The van der Waals surface area contributed by atoms with E-state index in [-0.39, 0.29) is 5.15 Å². The van der Waals surface area contributed by atoms with Crippen molar-refractivity contribution in [2.24, 2.45) is 4.99 Å². The molecule has 0 saturated carbocycles. The number of aromatic nitrogens is 2. The number of halogens is 2. The fraction of sp³-hybridized carbons (Fsp3) is 0.0833. The number of hydrogen-bond acceptors (Lipinski definition) is 4. The van der Waals surface area contributed by atoms with E-state index in [0.29, 0.717) is 22.1 Å². The molecule has 0 atom stereocenters. The van der Waals surface area contributed by atoms with Crippen molar-refractivity contribution in [3.05, 3.63) is 40.1 Å². The highest BCUT2D eigenvalue weighted by molar-refractivity contribution is 7.78. The maximum absolute atomic E-state index is 6.06. The number of hydrogen-bond donors (Lipinski definition) is 0. The van der Waals surface area contributed by atoms with Gasteiger partial charge >= 0.3 is 0 Å². The third kappa shape index (κ3) is 2.74. The van der Waals surface area contributed by atoms with Gasteiger partial charge in [0.1, 0.15) is 5.69 Å². The Hall–Kier alpha value is -1.32. The quantitative estimate of drug-likeness (QED) is 0.465. The number of isothiocyanates is 1. The average Bonchev–Trinajstić information content (AvgIpc) is 2.34. The molecule has 2 aromatic rings. The Morgan fingerprint density at radius 1 is 1.28 bits per heavy atom. The van der Waals surface area contributed by atoms with Gasteiger partial charge in [0, 0.05) is 6.20 Å². The SMILES string of the molecule is Cc1ccc(-c2cc(Cl)c(N=C=S)c(Cl)n2)nc1. The Kier molecular flexibility index (Phi) is 4.04. The number of nitrogens with zero attached hydrogens (tertiary/aromatic N) is 3. The van der Waals surface area contributed by atoms with Gasteiger partial charge < -0.3 is 0 Å². The summed E-state index contributed by atoms with van der Waals surface area (Å²) in [5, 5.41) is 2.76. The summed E-state index contributed by atoms with van der Waals surface area (Å²) in [5.41, 5.74) is 2.68. The van der Waals surface area contributed by atoms with Crippen LogP contribution in [-0.4, -0.2) is 15.1 Å². The number of rotatable bonds is 2. The van der Waals surface area contributed by atoms with Crippen LogP contribution in [0.25, 0.3) is 11.4 Å². The summed E-state index contributed by atoms with van der Waals surface area (Å²) in [7, 11) is 0. The summed E-state index contributed by atoms with van der Waals surface area (Å²) in [4.78, 5) is 12.2. The van der Waals surface area contributed by atoms with Gasteiger partial charge in [0.2, 0.25) is 0 Å². The molecule has 0 aliphatic rings. The predicted octanol–water partition coefficient (Wildman–Crippen LogP) is 4.49. The Balaban J connectivity index is 2.54. The summed E-state index contributed by atoms with van der Waals surface area (Å²) >= 11 is 16.6. The fourth-order valence-corrected chi connectivity index (χ4v) is 1.98. The van der Waals surface area contributed by atoms with Gasteiger partial charge in [-0.1, -0.05) is 29.3 Å². The van der Waals surface area contributed by atoms with Crippen LogP contribution < -0.4 is 0 Å². The topological polar surface area (TPSA) is 38.1 Å². The molecule has 0 bridgehead atoms. The van der Waals surface area contributed by atoms with Crippen molar-refractivity contribution in [1.82, 2.24) is 9.97 Å². The number of thiocarbonyl (C=S) groups is 1. The van der Waals surface area contributed by atoms with Crippen LogP contribution in [0.15, 0.2) is 29.4 Å². The van der Waals surface area contributed by atoms with Crippen molar-refractivity contribution in [3.8, 4) is 11.4 Å². The van der Waals surface area contributed by atoms with Crippen LogP contribution in [-0.2, 0) is 0 Å². The first kappa shape index (κ1) is 13.1. The van der Waals surface area contributed by atoms with E-state index in [4.69, 9.17) is 23.2 Å². The highest BCUT2D eigenvalue weighted by Crippen LogP contribution is 2.34. The standard InChI is InChI=1S/C12H7Cl2N3S/c1-7-2-3-9(15-5-7)10-4-8(13)11(16-6-18)12(14)17-10/h2-5H,1H3. The first-order valence-electron chi connectivity index (χ1n) is 4.99. The van der Waals surface area contributed by atoms with E-state index in [1.165, 1.54) is 0 Å². The molecule has 90 valence electrons. The van der Waals surface area contributed by atoms with Crippen molar-refractivity contribution >= 4 is 46.3 Å². The van der Waals surface area contributed by atoms with E-state index in [1.54, 1.807) is 12.3 Å². The summed E-state index contributed by atoms with van der Waals surface area (Å²) in [6.07, 6.45) is 1.75. The molecule has 2 aromatic heterocycles. The molecule has 2 rings (SSSR count). The van der Waals surface area contributed by atoms with Gasteiger partial charge in [0.05, 0.1) is 21.6 Å². The van der Waals surface area contributed by atoms with Crippen molar-refractivity contribution in [2.75, 3.05) is 0 Å². The van der Waals surface area contributed by atoms with Crippen molar-refractivity contribution < 1.29 is 0 Å². The lowest BCUT2D eigenvalue weighted by Gasteiger charge is -2.04. The van der Waals surface area contributed by atoms with Crippen LogP contribution in [0.5, 0.6) is 0 Å². The molecule has 0 N–H and O–H groups in total. The van der Waals surface area contributed by atoms with Crippen LogP contribution >= 0.6 is 35.4 Å². The highest BCUT2D eigenvalue weighted by atomic mass is 35.5. The lowest BCUT2D eigenvalue weighted by atomic mass is 10.2. The molecule has 0 radical (unpaired) electrons. The zero-order valence-electron chi connectivity index (χ0n) is 9.32. The molecule has 0 aliphatic heterocycles. The molecule has 0 aliphatic carbocycles. The maximum atomic E-state index is 6.06. The molecule has 6 heteroatoms. The normalized spacial score (nSPS) is 9.94. The first-order chi connectivity index (χ1) is 8.61. The van der Waals surface area contributed by atoms with E-state index >= 15 is 0 Å². The Morgan fingerprint density at radius 3 is 2.61 bits per heavy atom. The molecule has 0 spiro atoms. The van der Waals surface area contributed by atoms with Crippen molar-refractivity contribution in [3.63, 3.8) is 0 Å². The molecule has 0 fully saturated rings. The van der Waals surface area contributed by atoms with E-state index in [2.05, 4.69) is 32.3 Å². The molecule has 0 aromatic carbocycles. The average molecular weight is 296 g/mol.